The van der Waals surface area contributed by atoms with Crippen LogP contribution in [-0.2, 0) is 4.74 Å². The minimum Gasteiger partial charge on any atom is -0.423 e. The molecule has 3 unspecified atom stereocenters. The monoisotopic (exact) mass is 449 g/mol. The van der Waals surface area contributed by atoms with Gasteiger partial charge in [-0.15, -0.1) is 0 Å². The Bertz CT molecular complexity index is 745. The number of aliphatic hydroxyl groups is 3. The third-order valence-electron chi connectivity index (χ3n) is 3.81. The van der Waals surface area contributed by atoms with Crippen molar-refractivity contribution in [1.29, 1.82) is 0 Å². The summed E-state index contributed by atoms with van der Waals surface area (Å²) in [5.41, 5.74) is 0.632. The molecule has 4 atom stereocenters. The van der Waals surface area contributed by atoms with Crippen LogP contribution >= 0.6 is 22.6 Å². The van der Waals surface area contributed by atoms with Crippen LogP contribution in [-0.4, -0.2) is 53.4 Å². The van der Waals surface area contributed by atoms with E-state index in [1.807, 2.05) is 6.07 Å². The van der Waals surface area contributed by atoms with E-state index in [0.29, 0.717) is 11.3 Å². The third kappa shape index (κ3) is 4.25. The summed E-state index contributed by atoms with van der Waals surface area (Å²) in [6.07, 6.45) is -3.29. The average molecular weight is 449 g/mol. The zero-order valence-electron chi connectivity index (χ0n) is 13.3. The largest absolute Gasteiger partial charge is 0.423 e. The highest BCUT2D eigenvalue weighted by Gasteiger charge is 2.30. The summed E-state index contributed by atoms with van der Waals surface area (Å²) in [6.45, 7) is 1.29. The third-order valence-corrected chi connectivity index (χ3v) is 4.71. The minimum atomic E-state index is -1.25. The SMILES string of the molecule is COC(CO)[C@@H](O)C(O)C(C)Nc1ccc2c(I)cc(=O)oc2c1. The van der Waals surface area contributed by atoms with E-state index in [9.17, 15) is 15.0 Å². The van der Waals surface area contributed by atoms with Crippen molar-refractivity contribution >= 4 is 39.2 Å². The van der Waals surface area contributed by atoms with Crippen molar-refractivity contribution in [3.63, 3.8) is 0 Å². The molecule has 4 N–H and O–H groups in total. The Labute approximate surface area is 152 Å². The van der Waals surface area contributed by atoms with Gasteiger partial charge in [0.2, 0.25) is 0 Å². The average Bonchev–Trinajstić information content (AvgIpc) is 2.54. The Morgan fingerprint density at radius 2 is 2.00 bits per heavy atom. The van der Waals surface area contributed by atoms with E-state index < -0.39 is 36.6 Å². The number of hydrogen-bond acceptors (Lipinski definition) is 7. The van der Waals surface area contributed by atoms with E-state index in [2.05, 4.69) is 27.9 Å². The van der Waals surface area contributed by atoms with Gasteiger partial charge in [-0.2, -0.15) is 0 Å². The van der Waals surface area contributed by atoms with Gasteiger partial charge < -0.3 is 29.8 Å². The number of anilines is 1. The number of aliphatic hydroxyl groups excluding tert-OH is 3. The van der Waals surface area contributed by atoms with Gasteiger partial charge in [-0.05, 0) is 41.6 Å². The first-order valence-electron chi connectivity index (χ1n) is 7.37. The highest BCUT2D eigenvalue weighted by Crippen LogP contribution is 2.23. The smallest absolute Gasteiger partial charge is 0.337 e. The van der Waals surface area contributed by atoms with Crippen LogP contribution in [0.4, 0.5) is 5.69 Å². The quantitative estimate of drug-likeness (QED) is 0.368. The van der Waals surface area contributed by atoms with Crippen LogP contribution in [0, 0.1) is 3.57 Å². The highest BCUT2D eigenvalue weighted by molar-refractivity contribution is 14.1. The fraction of sp³-hybridized carbons (Fsp3) is 0.438. The lowest BCUT2D eigenvalue weighted by Crippen LogP contribution is -2.48. The lowest BCUT2D eigenvalue weighted by Gasteiger charge is -2.29. The van der Waals surface area contributed by atoms with E-state index in [-0.39, 0.29) is 0 Å². The second-order valence-electron chi connectivity index (χ2n) is 5.50. The number of hydrogen-bond donors (Lipinski definition) is 4. The zero-order chi connectivity index (χ0) is 17.9. The lowest BCUT2D eigenvalue weighted by molar-refractivity contribution is -0.0953. The molecule has 0 aliphatic rings. The molecule has 1 aromatic carbocycles. The van der Waals surface area contributed by atoms with Crippen LogP contribution in [0.5, 0.6) is 0 Å². The summed E-state index contributed by atoms with van der Waals surface area (Å²) < 4.78 is 10.9. The first-order chi connectivity index (χ1) is 11.4. The molecule has 1 heterocycles. The molecule has 0 fully saturated rings. The van der Waals surface area contributed by atoms with Crippen molar-refractivity contribution < 1.29 is 24.5 Å². The van der Waals surface area contributed by atoms with Crippen LogP contribution in [0.1, 0.15) is 6.92 Å². The maximum atomic E-state index is 11.5. The van der Waals surface area contributed by atoms with Crippen LogP contribution in [0.3, 0.4) is 0 Å². The molecule has 0 amide bonds. The summed E-state index contributed by atoms with van der Waals surface area (Å²) >= 11 is 2.06. The lowest BCUT2D eigenvalue weighted by atomic mass is 10.0. The van der Waals surface area contributed by atoms with Gasteiger partial charge in [0.1, 0.15) is 23.9 Å². The first kappa shape index (κ1) is 19.1. The summed E-state index contributed by atoms with van der Waals surface area (Å²) in [4.78, 5) is 11.5. The summed E-state index contributed by atoms with van der Waals surface area (Å²) in [5.74, 6) is 0. The summed E-state index contributed by atoms with van der Waals surface area (Å²) in [5, 5.41) is 33.2. The van der Waals surface area contributed by atoms with E-state index in [1.54, 1.807) is 19.1 Å². The summed E-state index contributed by atoms with van der Waals surface area (Å²) in [6, 6.07) is 6.15. The van der Waals surface area contributed by atoms with E-state index in [4.69, 9.17) is 14.3 Å². The fourth-order valence-corrected chi connectivity index (χ4v) is 3.10. The van der Waals surface area contributed by atoms with Crippen LogP contribution in [0.2, 0.25) is 0 Å². The number of methoxy groups -OCH3 is 1. The van der Waals surface area contributed by atoms with Gasteiger partial charge in [-0.25, -0.2) is 4.79 Å². The van der Waals surface area contributed by atoms with Crippen molar-refractivity contribution in [2.24, 2.45) is 0 Å². The molecule has 1 aromatic heterocycles. The Balaban J connectivity index is 2.18. The maximum absolute atomic E-state index is 11.5. The van der Waals surface area contributed by atoms with E-state index in [1.165, 1.54) is 13.2 Å². The standard InChI is InChI=1S/C16H20INO6/c1-8(15(21)16(22)13(7-19)23-2)18-9-3-4-10-11(17)6-14(20)24-12(10)5-9/h3-6,8,13,15-16,18-19,21-22H,7H2,1-2H3/t8?,13?,15?,16-/m1/s1. The van der Waals surface area contributed by atoms with Crippen LogP contribution in [0.15, 0.2) is 33.5 Å². The highest BCUT2D eigenvalue weighted by atomic mass is 127. The topological polar surface area (TPSA) is 112 Å². The van der Waals surface area contributed by atoms with Crippen LogP contribution < -0.4 is 10.9 Å². The molecule has 2 rings (SSSR count). The molecule has 24 heavy (non-hydrogen) atoms. The second-order valence-corrected chi connectivity index (χ2v) is 6.66. The molecule has 0 radical (unpaired) electrons. The van der Waals surface area contributed by atoms with Crippen molar-refractivity contribution in [2.45, 2.75) is 31.3 Å². The van der Waals surface area contributed by atoms with E-state index in [0.717, 1.165) is 8.96 Å². The second kappa shape index (κ2) is 8.26. The first-order valence-corrected chi connectivity index (χ1v) is 8.45. The predicted molar refractivity (Wildman–Crippen MR) is 98.2 cm³/mol. The van der Waals surface area contributed by atoms with Gasteiger partial charge in [0.05, 0.1) is 12.6 Å². The normalized spacial score (nSPS) is 16.6. The van der Waals surface area contributed by atoms with Gasteiger partial charge in [0.15, 0.2) is 0 Å². The minimum absolute atomic E-state index is 0.402. The molecule has 132 valence electrons. The molecule has 0 saturated carbocycles. The molecule has 0 aliphatic carbocycles. The van der Waals surface area contributed by atoms with Gasteiger partial charge >= 0.3 is 5.63 Å². The van der Waals surface area contributed by atoms with Crippen molar-refractivity contribution in [2.75, 3.05) is 19.0 Å². The van der Waals surface area contributed by atoms with Crippen molar-refractivity contribution in [1.82, 2.24) is 0 Å². The van der Waals surface area contributed by atoms with Crippen molar-refractivity contribution in [3.05, 3.63) is 38.3 Å². The van der Waals surface area contributed by atoms with E-state index >= 15 is 0 Å². The van der Waals surface area contributed by atoms with Crippen molar-refractivity contribution in [3.8, 4) is 0 Å². The predicted octanol–water partition coefficient (Wildman–Crippen LogP) is 0.927. The molecule has 2 aromatic rings. The number of rotatable bonds is 7. The zero-order valence-corrected chi connectivity index (χ0v) is 15.4. The molecule has 0 spiro atoms. The van der Waals surface area contributed by atoms with Crippen LogP contribution in [0.25, 0.3) is 11.0 Å². The molecule has 7 nitrogen and oxygen atoms in total. The molecular formula is C16H20INO6. The Morgan fingerprint density at radius 1 is 1.29 bits per heavy atom. The number of nitrogens with one attached hydrogen (secondary N) is 1. The van der Waals surface area contributed by atoms with Gasteiger partial charge in [-0.3, -0.25) is 0 Å². The molecule has 8 heteroatoms. The Morgan fingerprint density at radius 3 is 2.62 bits per heavy atom. The number of benzene rings is 1. The number of fused-ring (bicyclic) bond motifs is 1. The molecule has 0 saturated heterocycles. The number of halogens is 1. The molecular weight excluding hydrogens is 429 g/mol. The number of ether oxygens (including phenoxy) is 1. The van der Waals surface area contributed by atoms with Gasteiger partial charge in [0.25, 0.3) is 0 Å². The van der Waals surface area contributed by atoms with Gasteiger partial charge in [0, 0.05) is 33.9 Å². The Hall–Kier alpha value is -1.20. The molecule has 0 aliphatic heterocycles. The summed E-state index contributed by atoms with van der Waals surface area (Å²) in [7, 11) is 1.35. The van der Waals surface area contributed by atoms with Gasteiger partial charge in [-0.1, -0.05) is 0 Å². The maximum Gasteiger partial charge on any atom is 0.337 e. The fourth-order valence-electron chi connectivity index (χ4n) is 2.40. The Kier molecular flexibility index (Phi) is 6.58. The molecule has 0 bridgehead atoms.